The summed E-state index contributed by atoms with van der Waals surface area (Å²) in [4.78, 5) is 53.8. The van der Waals surface area contributed by atoms with Gasteiger partial charge in [-0.3, -0.25) is 19.3 Å². The van der Waals surface area contributed by atoms with Crippen molar-refractivity contribution in [3.63, 3.8) is 0 Å². The highest BCUT2D eigenvalue weighted by atomic mass is 32.2. The number of nitrogens with one attached hydrogen (secondary N) is 1. The van der Waals surface area contributed by atoms with Gasteiger partial charge in [0.05, 0.1) is 35.4 Å². The van der Waals surface area contributed by atoms with Gasteiger partial charge in [0.15, 0.2) is 0 Å². The molecule has 9 nitrogen and oxygen atoms in total. The number of halogens is 3. The number of benzene rings is 1. The van der Waals surface area contributed by atoms with E-state index in [4.69, 9.17) is 9.47 Å². The molecule has 2 aromatic heterocycles. The molecule has 1 saturated heterocycles. The SMILES string of the molecule is CCOC(=O)c1c(-n2c(C)cc(/C=C3\SC(=O)N(CC(=O)Nc4cc(C(F)(F)F)ccc4OC)C3=O)c2C)sc2c1CCCC2. The Labute approximate surface area is 265 Å². The third-order valence-electron chi connectivity index (χ3n) is 7.57. The van der Waals surface area contributed by atoms with Crippen LogP contribution in [0.15, 0.2) is 29.2 Å². The molecule has 3 heterocycles. The standard InChI is InChI=1S/C31H30F3N3O6S2/c1-5-43-29(40)26-20-8-6-7-9-23(20)44-28(26)37-16(2)12-18(17(37)3)13-24-27(39)36(30(41)45-24)15-25(38)35-21-14-19(31(32,33)34)10-11-22(21)42-4/h10-14H,5-9,15H2,1-4H3,(H,35,38)/b24-13-. The van der Waals surface area contributed by atoms with Gasteiger partial charge in [0, 0.05) is 16.3 Å². The minimum absolute atomic E-state index is 0.0153. The number of carbonyl (C=O) groups excluding carboxylic acids is 4. The molecular weight excluding hydrogens is 631 g/mol. The molecule has 0 saturated carbocycles. The maximum atomic E-state index is 13.2. The predicted molar refractivity (Wildman–Crippen MR) is 165 cm³/mol. The molecule has 1 aliphatic carbocycles. The average molecular weight is 662 g/mol. The van der Waals surface area contributed by atoms with Crippen LogP contribution >= 0.6 is 23.1 Å². The number of aryl methyl sites for hydroxylation is 2. The lowest BCUT2D eigenvalue weighted by Crippen LogP contribution is -2.36. The van der Waals surface area contributed by atoms with Crippen molar-refractivity contribution in [2.75, 3.05) is 25.6 Å². The van der Waals surface area contributed by atoms with E-state index in [0.29, 0.717) is 22.9 Å². The first kappa shape index (κ1) is 32.4. The molecule has 0 unspecified atom stereocenters. The van der Waals surface area contributed by atoms with Crippen LogP contribution < -0.4 is 10.1 Å². The Bertz CT molecular complexity index is 1740. The highest BCUT2D eigenvalue weighted by molar-refractivity contribution is 8.18. The van der Waals surface area contributed by atoms with Crippen LogP contribution in [0, 0.1) is 13.8 Å². The number of rotatable bonds is 8. The molecule has 238 valence electrons. The summed E-state index contributed by atoms with van der Waals surface area (Å²) < 4.78 is 52.0. The number of fused-ring (bicyclic) bond motifs is 1. The number of aromatic nitrogens is 1. The van der Waals surface area contributed by atoms with Gasteiger partial charge < -0.3 is 19.4 Å². The Morgan fingerprint density at radius 3 is 2.53 bits per heavy atom. The van der Waals surface area contributed by atoms with E-state index in [2.05, 4.69) is 5.32 Å². The van der Waals surface area contributed by atoms with Gasteiger partial charge in [-0.15, -0.1) is 11.3 Å². The fraction of sp³-hybridized carbons (Fsp3) is 0.355. The number of thiophene rings is 1. The predicted octanol–water partition coefficient (Wildman–Crippen LogP) is 6.91. The third-order valence-corrected chi connectivity index (χ3v) is 9.75. The van der Waals surface area contributed by atoms with Crippen LogP contribution in [-0.4, -0.2) is 52.8 Å². The van der Waals surface area contributed by atoms with Gasteiger partial charge in [-0.1, -0.05) is 0 Å². The molecule has 0 atom stereocenters. The third kappa shape index (κ3) is 6.39. The molecule has 0 spiro atoms. The molecule has 45 heavy (non-hydrogen) atoms. The number of imide groups is 1. The van der Waals surface area contributed by atoms with Crippen molar-refractivity contribution in [3.8, 4) is 10.8 Å². The number of hydrogen-bond donors (Lipinski definition) is 1. The molecule has 1 fully saturated rings. The van der Waals surface area contributed by atoms with E-state index in [-0.39, 0.29) is 28.9 Å². The maximum Gasteiger partial charge on any atom is 0.416 e. The van der Waals surface area contributed by atoms with Gasteiger partial charge >= 0.3 is 12.1 Å². The number of amides is 3. The molecule has 3 aromatic rings. The number of anilines is 1. The lowest BCUT2D eigenvalue weighted by molar-refractivity contribution is -0.137. The Morgan fingerprint density at radius 1 is 1.11 bits per heavy atom. The minimum atomic E-state index is -4.65. The first-order valence-electron chi connectivity index (χ1n) is 14.1. The largest absolute Gasteiger partial charge is 0.495 e. The zero-order chi connectivity index (χ0) is 32.6. The van der Waals surface area contributed by atoms with Crippen molar-refractivity contribution < 1.29 is 41.8 Å². The summed E-state index contributed by atoms with van der Waals surface area (Å²) >= 11 is 2.22. The van der Waals surface area contributed by atoms with Crippen LogP contribution in [0.3, 0.4) is 0 Å². The smallest absolute Gasteiger partial charge is 0.416 e. The van der Waals surface area contributed by atoms with E-state index in [0.717, 1.165) is 75.6 Å². The Morgan fingerprint density at radius 2 is 1.84 bits per heavy atom. The minimum Gasteiger partial charge on any atom is -0.495 e. The molecular formula is C31H30F3N3O6S2. The second kappa shape index (κ2) is 12.8. The average Bonchev–Trinajstić information content (AvgIpc) is 3.58. The second-order valence-corrected chi connectivity index (χ2v) is 12.6. The molecule has 3 amide bonds. The van der Waals surface area contributed by atoms with Crippen molar-refractivity contribution in [1.82, 2.24) is 9.47 Å². The van der Waals surface area contributed by atoms with Crippen molar-refractivity contribution in [2.24, 2.45) is 0 Å². The van der Waals surface area contributed by atoms with Crippen molar-refractivity contribution in [2.45, 2.75) is 52.6 Å². The second-order valence-electron chi connectivity index (χ2n) is 10.5. The molecule has 1 aliphatic heterocycles. The Hall–Kier alpha value is -4.04. The van der Waals surface area contributed by atoms with Crippen LogP contribution in [0.5, 0.6) is 5.75 Å². The van der Waals surface area contributed by atoms with Crippen LogP contribution in [0.1, 0.15) is 63.1 Å². The number of esters is 1. The van der Waals surface area contributed by atoms with Crippen molar-refractivity contribution in [1.29, 1.82) is 0 Å². The topological polar surface area (TPSA) is 107 Å². The fourth-order valence-corrected chi connectivity index (χ4v) is 7.78. The van der Waals surface area contributed by atoms with Crippen LogP contribution in [0.2, 0.25) is 0 Å². The zero-order valence-corrected chi connectivity index (χ0v) is 26.6. The first-order valence-corrected chi connectivity index (χ1v) is 15.8. The quantitative estimate of drug-likeness (QED) is 0.207. The lowest BCUT2D eigenvalue weighted by atomic mass is 9.95. The van der Waals surface area contributed by atoms with E-state index in [1.807, 2.05) is 24.5 Å². The van der Waals surface area contributed by atoms with E-state index in [1.54, 1.807) is 24.3 Å². The van der Waals surface area contributed by atoms with E-state index >= 15 is 0 Å². The normalized spacial score (nSPS) is 15.9. The molecule has 5 rings (SSSR count). The summed E-state index contributed by atoms with van der Waals surface area (Å²) in [5, 5.41) is 2.37. The highest BCUT2D eigenvalue weighted by Gasteiger charge is 2.37. The van der Waals surface area contributed by atoms with E-state index in [9.17, 15) is 32.3 Å². The highest BCUT2D eigenvalue weighted by Crippen LogP contribution is 2.40. The van der Waals surface area contributed by atoms with Gasteiger partial charge in [0.2, 0.25) is 5.91 Å². The summed E-state index contributed by atoms with van der Waals surface area (Å²) in [6.07, 6.45) is 0.640. The van der Waals surface area contributed by atoms with Gasteiger partial charge in [-0.2, -0.15) is 13.2 Å². The fourth-order valence-electron chi connectivity index (χ4n) is 5.46. The van der Waals surface area contributed by atoms with Gasteiger partial charge in [-0.25, -0.2) is 4.79 Å². The van der Waals surface area contributed by atoms with Gasteiger partial charge in [0.1, 0.15) is 17.3 Å². The molecule has 1 N–H and O–H groups in total. The van der Waals surface area contributed by atoms with Crippen molar-refractivity contribution in [3.05, 3.63) is 67.7 Å². The lowest BCUT2D eigenvalue weighted by Gasteiger charge is -2.16. The van der Waals surface area contributed by atoms with Crippen molar-refractivity contribution >= 4 is 57.9 Å². The number of ether oxygens (including phenoxy) is 2. The number of carbonyl (C=O) groups is 4. The zero-order valence-electron chi connectivity index (χ0n) is 24.9. The number of hydrogen-bond acceptors (Lipinski definition) is 8. The van der Waals surface area contributed by atoms with Gasteiger partial charge in [0.25, 0.3) is 11.1 Å². The molecule has 0 bridgehead atoms. The van der Waals surface area contributed by atoms with Crippen LogP contribution in [0.4, 0.5) is 23.7 Å². The first-order chi connectivity index (χ1) is 21.3. The Balaban J connectivity index is 1.39. The monoisotopic (exact) mass is 661 g/mol. The number of nitrogens with zero attached hydrogens (tertiary/aromatic N) is 2. The van der Waals surface area contributed by atoms with E-state index < -0.39 is 35.3 Å². The van der Waals surface area contributed by atoms with E-state index in [1.165, 1.54) is 7.11 Å². The maximum absolute atomic E-state index is 13.2. The summed E-state index contributed by atoms with van der Waals surface area (Å²) in [6, 6.07) is 4.46. The van der Waals surface area contributed by atoms with Crippen LogP contribution in [-0.2, 0) is 33.3 Å². The number of alkyl halides is 3. The molecule has 14 heteroatoms. The summed E-state index contributed by atoms with van der Waals surface area (Å²) in [5.74, 6) is -1.97. The summed E-state index contributed by atoms with van der Waals surface area (Å²) in [5.41, 5.74) is 2.56. The number of methoxy groups -OCH3 is 1. The number of thioether (sulfide) groups is 1. The summed E-state index contributed by atoms with van der Waals surface area (Å²) in [7, 11) is 1.24. The van der Waals surface area contributed by atoms with Crippen LogP contribution in [0.25, 0.3) is 11.1 Å². The molecule has 0 radical (unpaired) electrons. The van der Waals surface area contributed by atoms with Gasteiger partial charge in [-0.05, 0) is 99.7 Å². The molecule has 2 aliphatic rings. The molecule has 1 aromatic carbocycles. The summed E-state index contributed by atoms with van der Waals surface area (Å²) in [6.45, 7) is 5.05. The Kier molecular flexibility index (Phi) is 9.17.